The molecule has 0 aliphatic carbocycles. The summed E-state index contributed by atoms with van der Waals surface area (Å²) in [4.78, 5) is 71.8. The molecular weight excluding hydrogens is 931 g/mol. The van der Waals surface area contributed by atoms with Crippen LogP contribution in [0.2, 0.25) is 0 Å². The number of nitrogens with two attached hydrogens (primary N) is 2. The number of aromatic nitrogens is 4. The lowest BCUT2D eigenvalue weighted by atomic mass is 10.0. The molecule has 4 fully saturated rings. The van der Waals surface area contributed by atoms with Gasteiger partial charge in [0.25, 0.3) is 0 Å². The number of methoxy groups -OCH3 is 2. The summed E-state index contributed by atoms with van der Waals surface area (Å²) in [5.74, 6) is -1.29. The number of carbonyl (C=O) groups is 4. The van der Waals surface area contributed by atoms with Crippen LogP contribution in [0.5, 0.6) is 11.5 Å². The van der Waals surface area contributed by atoms with Crippen LogP contribution < -0.4 is 36.9 Å². The van der Waals surface area contributed by atoms with E-state index < -0.39 is 29.2 Å². The molecule has 8 rings (SSSR count). The Kier molecular flexibility index (Phi) is 22.3. The average Bonchev–Trinajstić information content (AvgIpc) is 3.38. The zero-order chi connectivity index (χ0) is 50.7. The Bertz CT molecular complexity index is 2410. The Morgan fingerprint density at radius 3 is 1.50 bits per heavy atom. The van der Waals surface area contributed by atoms with Gasteiger partial charge in [-0.3, -0.25) is 19.2 Å². The van der Waals surface area contributed by atoms with E-state index >= 15 is 0 Å². The minimum atomic E-state index is -0.685. The van der Waals surface area contributed by atoms with Gasteiger partial charge in [-0.15, -0.1) is 0 Å². The number of carbonyl (C=O) groups excluding carboxylic acids is 3. The summed E-state index contributed by atoms with van der Waals surface area (Å²) in [7, 11) is 2.82. The van der Waals surface area contributed by atoms with Gasteiger partial charge in [0.1, 0.15) is 34.8 Å². The molecule has 0 bridgehead atoms. The van der Waals surface area contributed by atoms with E-state index in [9.17, 15) is 28.0 Å². The maximum atomic E-state index is 13.7. The highest BCUT2D eigenvalue weighted by Gasteiger charge is 2.26. The van der Waals surface area contributed by atoms with Crippen LogP contribution in [0.3, 0.4) is 0 Å². The number of hydrogen-bond donors (Lipinski definition) is 6. The molecular formula is C51H72F2N12O7. The van der Waals surface area contributed by atoms with Gasteiger partial charge in [0.15, 0.2) is 0 Å². The highest BCUT2D eigenvalue weighted by Crippen LogP contribution is 2.27. The minimum Gasteiger partial charge on any atom is -0.496 e. The van der Waals surface area contributed by atoms with E-state index in [1.807, 2.05) is 4.90 Å². The number of likely N-dealkylation sites (tertiary alicyclic amines) is 3. The van der Waals surface area contributed by atoms with Crippen molar-refractivity contribution in [2.24, 2.45) is 0 Å². The van der Waals surface area contributed by atoms with Crippen molar-refractivity contribution in [1.82, 2.24) is 40.0 Å². The molecule has 0 saturated carbocycles. The van der Waals surface area contributed by atoms with Crippen molar-refractivity contribution < 1.29 is 42.5 Å². The Labute approximate surface area is 420 Å². The van der Waals surface area contributed by atoms with E-state index in [2.05, 4.69) is 45.7 Å². The van der Waals surface area contributed by atoms with Crippen LogP contribution in [0.4, 0.5) is 32.3 Å². The second kappa shape index (κ2) is 28.5. The molecule has 1 amide bonds. The molecule has 0 unspecified atom stereocenters. The standard InChI is InChI=1S/C25H33FN6O3.C17H20FN5O2.C8H15NO2.CH4/c1-35-21-6-5-17(26)15-19(21)23(34)20-16-28-25(30-24(20)27)29-18-7-13-32(14-8-18)22(33)9-12-31-10-3-2-4-11-31;1-25-14-3-2-10(18)8-12(14)15(24)13-9-21-17(23-16(13)19)22-11-4-6-20-7-5-11;10-8(11)4-7-9-5-2-1-3-6-9;/h5-6,15-16,18H,2-4,7-14H2,1H3,(H3,27,28,29,30);2-3,8-9,11,20H,4-7H2,1H3,(H3,19,21,22,23);1-7H2,(H,10,11);1H4. The van der Waals surface area contributed by atoms with Crippen molar-refractivity contribution >= 4 is 47.0 Å². The Morgan fingerprint density at radius 1 is 0.653 bits per heavy atom. The lowest BCUT2D eigenvalue weighted by Crippen LogP contribution is -2.43. The molecule has 4 saturated heterocycles. The van der Waals surface area contributed by atoms with Gasteiger partial charge in [-0.2, -0.15) is 9.97 Å². The number of nitrogen functional groups attached to an aromatic ring is 2. The molecule has 0 atom stereocenters. The number of halogens is 2. The normalized spacial score (nSPS) is 16.6. The van der Waals surface area contributed by atoms with Gasteiger partial charge in [0, 0.05) is 57.1 Å². The van der Waals surface area contributed by atoms with E-state index in [1.54, 1.807) is 0 Å². The van der Waals surface area contributed by atoms with E-state index in [0.29, 0.717) is 37.8 Å². The SMILES string of the molecule is C.COc1ccc(F)cc1C(=O)c1cnc(NC2CCN(C(=O)CCN3CCCCC3)CC2)nc1N.COc1ccc(F)cc1C(=O)c1cnc(NC2CCNCC2)nc1N.O=C(O)CCN1CCCCC1. The molecule has 4 aromatic rings. The Morgan fingerprint density at radius 2 is 1.08 bits per heavy atom. The zero-order valence-electron chi connectivity index (χ0n) is 40.8. The molecule has 2 aromatic carbocycles. The number of amides is 1. The van der Waals surface area contributed by atoms with Crippen LogP contribution in [-0.4, -0.2) is 155 Å². The molecule has 8 N–H and O–H groups in total. The lowest BCUT2D eigenvalue weighted by Gasteiger charge is -2.33. The first-order chi connectivity index (χ1) is 34.3. The molecule has 4 aliphatic rings. The average molecular weight is 1000 g/mol. The molecule has 21 heteroatoms. The van der Waals surface area contributed by atoms with E-state index in [4.69, 9.17) is 26.0 Å². The number of anilines is 4. The first kappa shape index (κ1) is 56.3. The Hall–Kier alpha value is -6.58. The van der Waals surface area contributed by atoms with Gasteiger partial charge in [-0.05, 0) is 127 Å². The zero-order valence-corrected chi connectivity index (χ0v) is 40.8. The van der Waals surface area contributed by atoms with Gasteiger partial charge in [-0.25, -0.2) is 18.7 Å². The number of nitrogens with zero attached hydrogens (tertiary/aromatic N) is 7. The van der Waals surface area contributed by atoms with Crippen molar-refractivity contribution in [1.29, 1.82) is 0 Å². The number of piperidine rings is 4. The van der Waals surface area contributed by atoms with Crippen molar-refractivity contribution in [3.8, 4) is 11.5 Å². The molecule has 4 aliphatic heterocycles. The summed E-state index contributed by atoms with van der Waals surface area (Å²) in [5, 5.41) is 18.2. The minimum absolute atomic E-state index is 0. The summed E-state index contributed by atoms with van der Waals surface area (Å²) >= 11 is 0. The number of nitrogens with one attached hydrogen (secondary N) is 3. The van der Waals surface area contributed by atoms with E-state index in [0.717, 1.165) is 90.2 Å². The highest BCUT2D eigenvalue weighted by atomic mass is 19.1. The molecule has 392 valence electrons. The van der Waals surface area contributed by atoms with Gasteiger partial charge < -0.3 is 56.7 Å². The highest BCUT2D eigenvalue weighted by molar-refractivity contribution is 6.13. The lowest BCUT2D eigenvalue weighted by molar-refractivity contribution is -0.137. The smallest absolute Gasteiger partial charge is 0.304 e. The second-order valence-electron chi connectivity index (χ2n) is 18.0. The fourth-order valence-corrected chi connectivity index (χ4v) is 8.92. The predicted octanol–water partition coefficient (Wildman–Crippen LogP) is 5.90. The number of ether oxygens (including phenoxy) is 2. The number of hydrogen-bond acceptors (Lipinski definition) is 17. The first-order valence-electron chi connectivity index (χ1n) is 24.5. The Balaban J connectivity index is 0.000000226. The summed E-state index contributed by atoms with van der Waals surface area (Å²) in [6, 6.07) is 7.82. The molecule has 0 radical (unpaired) electrons. The van der Waals surface area contributed by atoms with E-state index in [-0.39, 0.29) is 70.8 Å². The number of benzene rings is 2. The maximum Gasteiger partial charge on any atom is 0.304 e. The molecule has 72 heavy (non-hydrogen) atoms. The number of ketones is 2. The summed E-state index contributed by atoms with van der Waals surface area (Å²) in [6.07, 6.45) is 14.6. The molecule has 0 spiro atoms. The van der Waals surface area contributed by atoms with E-state index in [1.165, 1.54) is 89.4 Å². The van der Waals surface area contributed by atoms with Crippen LogP contribution in [0.1, 0.15) is 116 Å². The molecule has 19 nitrogen and oxygen atoms in total. The summed E-state index contributed by atoms with van der Waals surface area (Å²) < 4.78 is 37.5. The van der Waals surface area contributed by atoms with Gasteiger partial charge in [0.2, 0.25) is 29.4 Å². The van der Waals surface area contributed by atoms with Gasteiger partial charge >= 0.3 is 5.97 Å². The topological polar surface area (TPSA) is 256 Å². The number of rotatable bonds is 16. The molecule has 2 aromatic heterocycles. The van der Waals surface area contributed by atoms with Crippen LogP contribution in [0.15, 0.2) is 48.8 Å². The third-order valence-corrected chi connectivity index (χ3v) is 13.0. The quantitative estimate of drug-likeness (QED) is 0.0714. The van der Waals surface area contributed by atoms with Crippen LogP contribution in [0, 0.1) is 11.6 Å². The number of carboxylic acid groups (broad SMARTS) is 1. The summed E-state index contributed by atoms with van der Waals surface area (Å²) in [5.41, 5.74) is 12.3. The maximum absolute atomic E-state index is 13.7. The number of carboxylic acids is 1. The van der Waals surface area contributed by atoms with Crippen molar-refractivity contribution in [3.63, 3.8) is 0 Å². The van der Waals surface area contributed by atoms with Crippen LogP contribution >= 0.6 is 0 Å². The van der Waals surface area contributed by atoms with Crippen LogP contribution in [-0.2, 0) is 9.59 Å². The monoisotopic (exact) mass is 1000 g/mol. The fourth-order valence-electron chi connectivity index (χ4n) is 8.92. The molecule has 6 heterocycles. The first-order valence-corrected chi connectivity index (χ1v) is 24.5. The third kappa shape index (κ3) is 16.8. The van der Waals surface area contributed by atoms with Crippen molar-refractivity contribution in [2.45, 2.75) is 96.6 Å². The predicted molar refractivity (Wildman–Crippen MR) is 273 cm³/mol. The van der Waals surface area contributed by atoms with Gasteiger partial charge in [-0.1, -0.05) is 20.3 Å². The van der Waals surface area contributed by atoms with Crippen molar-refractivity contribution in [3.05, 3.63) is 82.7 Å². The second-order valence-corrected chi connectivity index (χ2v) is 18.0. The van der Waals surface area contributed by atoms with Crippen molar-refractivity contribution in [2.75, 3.05) is 102 Å². The largest absolute Gasteiger partial charge is 0.496 e. The third-order valence-electron chi connectivity index (χ3n) is 13.0. The fraction of sp³-hybridized carbons (Fsp3) is 0.529. The summed E-state index contributed by atoms with van der Waals surface area (Å²) in [6.45, 7) is 9.19. The number of aliphatic carboxylic acids is 1. The van der Waals surface area contributed by atoms with Crippen LogP contribution in [0.25, 0.3) is 0 Å². The van der Waals surface area contributed by atoms with Gasteiger partial charge in [0.05, 0.1) is 42.9 Å².